The summed E-state index contributed by atoms with van der Waals surface area (Å²) in [5, 5.41) is 0. The summed E-state index contributed by atoms with van der Waals surface area (Å²) in [5.41, 5.74) is 1.22. The molecule has 0 saturated carbocycles. The van der Waals surface area contributed by atoms with Gasteiger partial charge in [0.05, 0.1) is 14.2 Å². The number of fused-ring (bicyclic) bond motifs is 1. The van der Waals surface area contributed by atoms with Crippen molar-refractivity contribution in [2.45, 2.75) is 25.2 Å². The molecule has 4 nitrogen and oxygen atoms in total. The molecule has 1 aliphatic carbocycles. The van der Waals surface area contributed by atoms with Crippen molar-refractivity contribution in [3.8, 4) is 11.5 Å². The first-order valence-corrected chi connectivity index (χ1v) is 12.2. The molecule has 0 aliphatic heterocycles. The van der Waals surface area contributed by atoms with Crippen LogP contribution >= 0.6 is 15.9 Å². The molecule has 2 aromatic carbocycles. The first-order chi connectivity index (χ1) is 11.7. The Balaban J connectivity index is 2.23. The SMILES string of the molecule is COc1cc2c(cc1OC)C(O[Si](C)(C)C)(c1ccc(Br)cc1)C2=O. The van der Waals surface area contributed by atoms with Crippen LogP contribution in [0.15, 0.2) is 40.9 Å². The highest BCUT2D eigenvalue weighted by Crippen LogP contribution is 2.51. The van der Waals surface area contributed by atoms with Gasteiger partial charge >= 0.3 is 0 Å². The number of halogens is 1. The van der Waals surface area contributed by atoms with Crippen molar-refractivity contribution in [2.24, 2.45) is 0 Å². The van der Waals surface area contributed by atoms with Gasteiger partial charge in [0, 0.05) is 15.6 Å². The molecule has 2 aromatic rings. The van der Waals surface area contributed by atoms with E-state index in [4.69, 9.17) is 13.9 Å². The van der Waals surface area contributed by atoms with E-state index in [2.05, 4.69) is 35.6 Å². The lowest BCUT2D eigenvalue weighted by molar-refractivity contribution is 0.0454. The van der Waals surface area contributed by atoms with Gasteiger partial charge in [0.25, 0.3) is 0 Å². The van der Waals surface area contributed by atoms with E-state index in [0.717, 1.165) is 15.6 Å². The third kappa shape index (κ3) is 2.92. The number of ether oxygens (including phenoxy) is 2. The lowest BCUT2D eigenvalue weighted by Gasteiger charge is -2.46. The number of hydrogen-bond acceptors (Lipinski definition) is 4. The first kappa shape index (κ1) is 18.2. The highest BCUT2D eigenvalue weighted by molar-refractivity contribution is 9.10. The molecule has 3 rings (SSSR count). The van der Waals surface area contributed by atoms with Gasteiger partial charge in [0.2, 0.25) is 5.78 Å². The average Bonchev–Trinajstić information content (AvgIpc) is 2.58. The van der Waals surface area contributed by atoms with Crippen molar-refractivity contribution in [2.75, 3.05) is 14.2 Å². The third-order valence-corrected chi connectivity index (χ3v) is 5.62. The van der Waals surface area contributed by atoms with E-state index in [9.17, 15) is 4.79 Å². The van der Waals surface area contributed by atoms with Gasteiger partial charge in [-0.1, -0.05) is 28.1 Å². The van der Waals surface area contributed by atoms with Crippen LogP contribution in [0.5, 0.6) is 11.5 Å². The molecule has 132 valence electrons. The molecule has 1 unspecified atom stereocenters. The molecule has 6 heteroatoms. The lowest BCUT2D eigenvalue weighted by atomic mass is 9.68. The summed E-state index contributed by atoms with van der Waals surface area (Å²) in [6.45, 7) is 6.25. The van der Waals surface area contributed by atoms with Crippen LogP contribution in [0, 0.1) is 0 Å². The van der Waals surface area contributed by atoms with Gasteiger partial charge in [-0.25, -0.2) is 0 Å². The van der Waals surface area contributed by atoms with Crippen molar-refractivity contribution in [3.63, 3.8) is 0 Å². The smallest absolute Gasteiger partial charge is 0.203 e. The zero-order chi connectivity index (χ0) is 18.4. The number of rotatable bonds is 5. The number of hydrogen-bond donors (Lipinski definition) is 0. The second-order valence-electron chi connectivity index (χ2n) is 6.98. The summed E-state index contributed by atoms with van der Waals surface area (Å²) in [5.74, 6) is 1.11. The minimum Gasteiger partial charge on any atom is -0.493 e. The third-order valence-electron chi connectivity index (χ3n) is 4.18. The predicted octanol–water partition coefficient (Wildman–Crippen LogP) is 4.76. The first-order valence-electron chi connectivity index (χ1n) is 8.00. The second-order valence-corrected chi connectivity index (χ2v) is 12.3. The van der Waals surface area contributed by atoms with Crippen LogP contribution in [0.4, 0.5) is 0 Å². The van der Waals surface area contributed by atoms with E-state index >= 15 is 0 Å². The summed E-state index contributed by atoms with van der Waals surface area (Å²) >= 11 is 3.45. The molecular formula is C19H21BrO4Si. The largest absolute Gasteiger partial charge is 0.493 e. The Labute approximate surface area is 157 Å². The van der Waals surface area contributed by atoms with Gasteiger partial charge in [-0.3, -0.25) is 4.79 Å². The fourth-order valence-electron chi connectivity index (χ4n) is 3.20. The Kier molecular flexibility index (Phi) is 4.55. The van der Waals surface area contributed by atoms with Gasteiger partial charge in [-0.15, -0.1) is 0 Å². The standard InChI is InChI=1S/C19H21BrO4Si/c1-22-16-10-14-15(11-17(16)23-2)19(18(14)21,24-25(3,4)5)12-6-8-13(20)9-7-12/h6-11H,1-5H3. The van der Waals surface area contributed by atoms with Gasteiger partial charge in [-0.05, 0) is 49.5 Å². The summed E-state index contributed by atoms with van der Waals surface area (Å²) in [7, 11) is 1.13. The predicted molar refractivity (Wildman–Crippen MR) is 103 cm³/mol. The zero-order valence-corrected chi connectivity index (χ0v) is 17.6. The molecule has 0 bridgehead atoms. The Morgan fingerprint density at radius 2 is 1.52 bits per heavy atom. The minimum atomic E-state index is -2.02. The van der Waals surface area contributed by atoms with Gasteiger partial charge < -0.3 is 13.9 Å². The van der Waals surface area contributed by atoms with Crippen molar-refractivity contribution < 1.29 is 18.7 Å². The second kappa shape index (κ2) is 6.27. The molecule has 0 saturated heterocycles. The number of ketones is 1. The molecule has 25 heavy (non-hydrogen) atoms. The molecule has 0 N–H and O–H groups in total. The van der Waals surface area contributed by atoms with E-state index in [-0.39, 0.29) is 5.78 Å². The Morgan fingerprint density at radius 3 is 2.04 bits per heavy atom. The van der Waals surface area contributed by atoms with Crippen LogP contribution in [-0.4, -0.2) is 28.3 Å². The van der Waals surface area contributed by atoms with Gasteiger partial charge in [0.1, 0.15) is 0 Å². The average molecular weight is 421 g/mol. The van der Waals surface area contributed by atoms with Gasteiger partial charge in [0.15, 0.2) is 25.4 Å². The molecule has 1 aliphatic rings. The highest BCUT2D eigenvalue weighted by atomic mass is 79.9. The summed E-state index contributed by atoms with van der Waals surface area (Å²) in [6.07, 6.45) is 0. The summed E-state index contributed by atoms with van der Waals surface area (Å²) < 4.78 is 18.2. The molecule has 0 aromatic heterocycles. The molecule has 0 amide bonds. The monoisotopic (exact) mass is 420 g/mol. The normalized spacial score (nSPS) is 19.2. The number of carbonyl (C=O) groups is 1. The Morgan fingerprint density at radius 1 is 0.960 bits per heavy atom. The topological polar surface area (TPSA) is 44.8 Å². The number of methoxy groups -OCH3 is 2. The molecule has 0 fully saturated rings. The number of carbonyl (C=O) groups excluding carboxylic acids is 1. The lowest BCUT2D eigenvalue weighted by Crippen LogP contribution is -2.54. The maximum Gasteiger partial charge on any atom is 0.203 e. The zero-order valence-electron chi connectivity index (χ0n) is 15.0. The number of Topliss-reactive ketones (excluding diaryl/α,β-unsaturated/α-hetero) is 1. The minimum absolute atomic E-state index is 0.0341. The molecule has 1 atom stereocenters. The van der Waals surface area contributed by atoms with Crippen molar-refractivity contribution in [3.05, 3.63) is 57.6 Å². The quantitative estimate of drug-likeness (QED) is 0.654. The molecule has 0 heterocycles. The van der Waals surface area contributed by atoms with Gasteiger partial charge in [-0.2, -0.15) is 0 Å². The fourth-order valence-corrected chi connectivity index (χ4v) is 4.70. The van der Waals surface area contributed by atoms with E-state index in [0.29, 0.717) is 17.1 Å². The molecular weight excluding hydrogens is 400 g/mol. The molecule has 0 radical (unpaired) electrons. The van der Waals surface area contributed by atoms with Crippen molar-refractivity contribution >= 4 is 30.0 Å². The van der Waals surface area contributed by atoms with Crippen LogP contribution in [0.2, 0.25) is 19.6 Å². The Hall–Kier alpha value is -1.63. The summed E-state index contributed by atoms with van der Waals surface area (Å²) in [6, 6.07) is 11.3. The maximum absolute atomic E-state index is 13.2. The van der Waals surface area contributed by atoms with Crippen LogP contribution in [-0.2, 0) is 10.0 Å². The fraction of sp³-hybridized carbons (Fsp3) is 0.316. The van der Waals surface area contributed by atoms with Crippen LogP contribution in [0.1, 0.15) is 21.5 Å². The van der Waals surface area contributed by atoms with E-state index < -0.39 is 13.9 Å². The van der Waals surface area contributed by atoms with Crippen molar-refractivity contribution in [1.29, 1.82) is 0 Å². The van der Waals surface area contributed by atoms with Crippen LogP contribution in [0.25, 0.3) is 0 Å². The highest BCUT2D eigenvalue weighted by Gasteiger charge is 2.56. The molecule has 0 spiro atoms. The van der Waals surface area contributed by atoms with E-state index in [1.165, 1.54) is 0 Å². The van der Waals surface area contributed by atoms with E-state index in [1.54, 1.807) is 20.3 Å². The Bertz CT molecular complexity index is 827. The number of benzene rings is 2. The van der Waals surface area contributed by atoms with Crippen LogP contribution in [0.3, 0.4) is 0 Å². The van der Waals surface area contributed by atoms with E-state index in [1.807, 2.05) is 30.3 Å². The van der Waals surface area contributed by atoms with Crippen molar-refractivity contribution in [1.82, 2.24) is 0 Å². The summed E-state index contributed by atoms with van der Waals surface area (Å²) in [4.78, 5) is 13.2. The maximum atomic E-state index is 13.2. The van der Waals surface area contributed by atoms with Crippen LogP contribution < -0.4 is 9.47 Å².